The number of hydrogen-bond acceptors (Lipinski definition) is 2. The average molecular weight is 383 g/mol. The molecule has 29 heavy (non-hydrogen) atoms. The average Bonchev–Trinajstić information content (AvgIpc) is 3.21. The van der Waals surface area contributed by atoms with E-state index in [9.17, 15) is 4.79 Å². The molecular weight excluding hydrogens is 358 g/mol. The first kappa shape index (κ1) is 18.9. The molecule has 0 aliphatic rings. The number of benzene rings is 2. The molecule has 4 nitrogen and oxygen atoms in total. The van der Waals surface area contributed by atoms with Gasteiger partial charge in [0.1, 0.15) is 0 Å². The van der Waals surface area contributed by atoms with Crippen LogP contribution in [0.4, 0.5) is 0 Å². The minimum Gasteiger partial charge on any atom is -0.361 e. The van der Waals surface area contributed by atoms with E-state index < -0.39 is 0 Å². The first-order valence-corrected chi connectivity index (χ1v) is 10.0. The molecule has 0 aliphatic carbocycles. The molecule has 0 unspecified atom stereocenters. The molecule has 0 radical (unpaired) electrons. The van der Waals surface area contributed by atoms with Crippen molar-refractivity contribution in [3.05, 3.63) is 102 Å². The molecule has 0 fully saturated rings. The van der Waals surface area contributed by atoms with Crippen LogP contribution in [0.1, 0.15) is 35.4 Å². The van der Waals surface area contributed by atoms with Crippen LogP contribution in [0, 0.1) is 0 Å². The number of nitrogens with one attached hydrogen (secondary N) is 2. The summed E-state index contributed by atoms with van der Waals surface area (Å²) >= 11 is 0. The van der Waals surface area contributed by atoms with Crippen LogP contribution < -0.4 is 5.32 Å². The highest BCUT2D eigenvalue weighted by molar-refractivity contribution is 5.85. The smallest absolute Gasteiger partial charge is 0.220 e. The summed E-state index contributed by atoms with van der Waals surface area (Å²) in [4.78, 5) is 20.1. The lowest BCUT2D eigenvalue weighted by Gasteiger charge is -2.17. The second-order valence-corrected chi connectivity index (χ2v) is 7.35. The zero-order chi connectivity index (χ0) is 19.9. The Balaban J connectivity index is 1.49. The third-order valence-corrected chi connectivity index (χ3v) is 5.36. The highest BCUT2D eigenvalue weighted by Crippen LogP contribution is 2.31. The van der Waals surface area contributed by atoms with E-state index in [0.717, 1.165) is 23.9 Å². The van der Waals surface area contributed by atoms with Gasteiger partial charge in [0.25, 0.3) is 0 Å². The van der Waals surface area contributed by atoms with E-state index in [0.29, 0.717) is 13.0 Å². The Bertz CT molecular complexity index is 1060. The molecule has 2 heterocycles. The maximum Gasteiger partial charge on any atom is 0.220 e. The predicted molar refractivity (Wildman–Crippen MR) is 117 cm³/mol. The van der Waals surface area contributed by atoms with Gasteiger partial charge in [0.15, 0.2) is 0 Å². The fourth-order valence-corrected chi connectivity index (χ4v) is 3.78. The molecule has 4 aromatic rings. The molecule has 4 heteroatoms. The third kappa shape index (κ3) is 4.91. The van der Waals surface area contributed by atoms with E-state index in [2.05, 4.69) is 63.9 Å². The minimum atomic E-state index is 0.0742. The summed E-state index contributed by atoms with van der Waals surface area (Å²) in [6.07, 6.45) is 7.90. The van der Waals surface area contributed by atoms with Gasteiger partial charge in [-0.25, -0.2) is 0 Å². The number of H-pyrrole nitrogens is 1. The molecule has 0 aliphatic heterocycles. The second kappa shape index (κ2) is 9.20. The summed E-state index contributed by atoms with van der Waals surface area (Å²) in [5.74, 6) is 0.231. The fourth-order valence-electron chi connectivity index (χ4n) is 3.78. The van der Waals surface area contributed by atoms with Crippen LogP contribution in [0.25, 0.3) is 10.9 Å². The molecule has 146 valence electrons. The standard InChI is InChI=1S/C25H25N3O/c29-25(28-17-20-12-14-26-15-13-20)16-21(11-10-19-6-2-1-3-7-19)23-18-27-24-9-5-4-8-22(23)24/h1-9,12-15,18,21,27H,10-11,16-17H2,(H,28,29)/t21-/m0/s1. The molecule has 0 bridgehead atoms. The van der Waals surface area contributed by atoms with Gasteiger partial charge in [0, 0.05) is 42.5 Å². The summed E-state index contributed by atoms with van der Waals surface area (Å²) in [6.45, 7) is 0.528. The molecule has 1 amide bonds. The lowest BCUT2D eigenvalue weighted by Crippen LogP contribution is -2.24. The van der Waals surface area contributed by atoms with Crippen LogP contribution in [0.15, 0.2) is 85.3 Å². The van der Waals surface area contributed by atoms with Crippen molar-refractivity contribution in [1.29, 1.82) is 0 Å². The molecule has 2 aromatic carbocycles. The normalized spacial score (nSPS) is 12.0. The highest BCUT2D eigenvalue weighted by Gasteiger charge is 2.19. The topological polar surface area (TPSA) is 57.8 Å². The maximum absolute atomic E-state index is 12.7. The Labute approximate surface area is 171 Å². The van der Waals surface area contributed by atoms with Gasteiger partial charge in [-0.05, 0) is 53.6 Å². The quantitative estimate of drug-likeness (QED) is 0.450. The molecule has 2 aromatic heterocycles. The van der Waals surface area contributed by atoms with Crippen LogP contribution in [-0.2, 0) is 17.8 Å². The van der Waals surface area contributed by atoms with Crippen molar-refractivity contribution in [3.8, 4) is 0 Å². The number of rotatable bonds is 8. The summed E-state index contributed by atoms with van der Waals surface area (Å²) in [5.41, 5.74) is 4.69. The van der Waals surface area contributed by atoms with Crippen molar-refractivity contribution in [2.24, 2.45) is 0 Å². The number of pyridine rings is 1. The molecule has 4 rings (SSSR count). The number of aromatic nitrogens is 2. The lowest BCUT2D eigenvalue weighted by molar-refractivity contribution is -0.121. The fraction of sp³-hybridized carbons (Fsp3) is 0.200. The van der Waals surface area contributed by atoms with E-state index in [1.54, 1.807) is 12.4 Å². The molecular formula is C25H25N3O. The van der Waals surface area contributed by atoms with Gasteiger partial charge in [-0.3, -0.25) is 9.78 Å². The maximum atomic E-state index is 12.7. The van der Waals surface area contributed by atoms with Gasteiger partial charge < -0.3 is 10.3 Å². The molecule has 1 atom stereocenters. The van der Waals surface area contributed by atoms with E-state index in [-0.39, 0.29) is 11.8 Å². The van der Waals surface area contributed by atoms with Gasteiger partial charge in [0.05, 0.1) is 0 Å². The molecule has 0 spiro atoms. The van der Waals surface area contributed by atoms with Crippen molar-refractivity contribution >= 4 is 16.8 Å². The number of carbonyl (C=O) groups excluding carboxylic acids is 1. The van der Waals surface area contributed by atoms with Crippen LogP contribution in [-0.4, -0.2) is 15.9 Å². The Morgan fingerprint density at radius 1 is 0.931 bits per heavy atom. The second-order valence-electron chi connectivity index (χ2n) is 7.35. The number of amides is 1. The van der Waals surface area contributed by atoms with E-state index in [4.69, 9.17) is 0 Å². The SMILES string of the molecule is O=C(C[C@H](CCc1ccccc1)c1c[nH]c2ccccc12)NCc1ccncc1. The monoisotopic (exact) mass is 383 g/mol. The van der Waals surface area contributed by atoms with E-state index >= 15 is 0 Å². The third-order valence-electron chi connectivity index (χ3n) is 5.36. The molecule has 0 saturated carbocycles. The van der Waals surface area contributed by atoms with E-state index in [1.807, 2.05) is 24.3 Å². The van der Waals surface area contributed by atoms with Crippen molar-refractivity contribution in [3.63, 3.8) is 0 Å². The van der Waals surface area contributed by atoms with Crippen molar-refractivity contribution < 1.29 is 4.79 Å². The summed E-state index contributed by atoms with van der Waals surface area (Å²) < 4.78 is 0. The summed E-state index contributed by atoms with van der Waals surface area (Å²) in [7, 11) is 0. The summed E-state index contributed by atoms with van der Waals surface area (Å²) in [6, 6.07) is 22.6. The number of aromatic amines is 1. The number of para-hydroxylation sites is 1. The Morgan fingerprint density at radius 2 is 1.69 bits per heavy atom. The lowest BCUT2D eigenvalue weighted by atomic mass is 9.89. The van der Waals surface area contributed by atoms with Gasteiger partial charge in [-0.1, -0.05) is 48.5 Å². The van der Waals surface area contributed by atoms with E-state index in [1.165, 1.54) is 16.5 Å². The first-order chi connectivity index (χ1) is 14.3. The Kier molecular flexibility index (Phi) is 6.01. The zero-order valence-electron chi connectivity index (χ0n) is 16.3. The van der Waals surface area contributed by atoms with Crippen LogP contribution in [0.5, 0.6) is 0 Å². The number of aryl methyl sites for hydroxylation is 1. The molecule has 2 N–H and O–H groups in total. The largest absolute Gasteiger partial charge is 0.361 e. The van der Waals surface area contributed by atoms with Gasteiger partial charge >= 0.3 is 0 Å². The van der Waals surface area contributed by atoms with Crippen LogP contribution in [0.2, 0.25) is 0 Å². The number of nitrogens with zero attached hydrogens (tertiary/aromatic N) is 1. The van der Waals surface area contributed by atoms with Gasteiger partial charge in [0.2, 0.25) is 5.91 Å². The Morgan fingerprint density at radius 3 is 2.52 bits per heavy atom. The number of carbonyl (C=O) groups is 1. The zero-order valence-corrected chi connectivity index (χ0v) is 16.3. The van der Waals surface area contributed by atoms with Gasteiger partial charge in [-0.15, -0.1) is 0 Å². The first-order valence-electron chi connectivity index (χ1n) is 10.0. The van der Waals surface area contributed by atoms with Crippen molar-refractivity contribution in [2.45, 2.75) is 31.7 Å². The minimum absolute atomic E-state index is 0.0742. The summed E-state index contributed by atoms with van der Waals surface area (Å²) in [5, 5.41) is 4.26. The van der Waals surface area contributed by atoms with Crippen molar-refractivity contribution in [2.75, 3.05) is 0 Å². The van der Waals surface area contributed by atoms with Crippen molar-refractivity contribution in [1.82, 2.24) is 15.3 Å². The number of fused-ring (bicyclic) bond motifs is 1. The Hall–Kier alpha value is -3.40. The van der Waals surface area contributed by atoms with Crippen LogP contribution in [0.3, 0.4) is 0 Å². The van der Waals surface area contributed by atoms with Crippen LogP contribution >= 0.6 is 0 Å². The number of hydrogen-bond donors (Lipinski definition) is 2. The predicted octanol–water partition coefficient (Wildman–Crippen LogP) is 4.99. The molecule has 0 saturated heterocycles. The van der Waals surface area contributed by atoms with Gasteiger partial charge in [-0.2, -0.15) is 0 Å². The highest BCUT2D eigenvalue weighted by atomic mass is 16.1.